The first-order chi connectivity index (χ1) is 24.8. The third-order valence-electron chi connectivity index (χ3n) is 12.5. The van der Waals surface area contributed by atoms with Gasteiger partial charge in [0.1, 0.15) is 11.5 Å². The van der Waals surface area contributed by atoms with Crippen LogP contribution in [0.2, 0.25) is 0 Å². The molecule has 0 aromatic heterocycles. The number of aliphatic hydroxyl groups is 1. The van der Waals surface area contributed by atoms with Crippen molar-refractivity contribution in [1.82, 2.24) is 0 Å². The van der Waals surface area contributed by atoms with Crippen LogP contribution in [0.25, 0.3) is 11.6 Å². The topological polar surface area (TPSA) is 46.9 Å². The molecule has 9 rings (SSSR count). The summed E-state index contributed by atoms with van der Waals surface area (Å²) in [6, 6.07) is 21.3. The Balaban J connectivity index is 1.32. The Hall–Kier alpha value is -4.96. The Morgan fingerprint density at radius 1 is 0.882 bits per heavy atom. The van der Waals surface area contributed by atoms with Gasteiger partial charge in [-0.15, -0.1) is 0 Å². The lowest BCUT2D eigenvalue weighted by Gasteiger charge is -2.51. The second kappa shape index (κ2) is 12.4. The minimum Gasteiger partial charge on any atom is -0.508 e. The number of phenols is 1. The minimum atomic E-state index is 0.0474. The third kappa shape index (κ3) is 5.25. The number of phenolic OH excluding ortho intramolecular Hbond substituents is 1. The number of hydrogen-bond acceptors (Lipinski definition) is 4. The van der Waals surface area contributed by atoms with Gasteiger partial charge in [0.05, 0.1) is 11.7 Å². The van der Waals surface area contributed by atoms with Crippen molar-refractivity contribution >= 4 is 28.7 Å². The van der Waals surface area contributed by atoms with Crippen LogP contribution in [0.1, 0.15) is 87.5 Å². The number of rotatable bonds is 7. The molecular formula is C47H48N2O2. The molecule has 0 spiro atoms. The van der Waals surface area contributed by atoms with E-state index in [0.29, 0.717) is 17.6 Å². The molecule has 0 radical (unpaired) electrons. The number of nitrogens with zero attached hydrogens (tertiary/aromatic N) is 2. The van der Waals surface area contributed by atoms with E-state index in [1.54, 1.807) is 0 Å². The van der Waals surface area contributed by atoms with Crippen molar-refractivity contribution in [2.45, 2.75) is 77.7 Å². The normalized spacial score (nSPS) is 25.1. The summed E-state index contributed by atoms with van der Waals surface area (Å²) in [6.45, 7) is 7.27. The molecule has 0 aliphatic heterocycles. The fourth-order valence-electron chi connectivity index (χ4n) is 9.83. The molecule has 4 nitrogen and oxygen atoms in total. The summed E-state index contributed by atoms with van der Waals surface area (Å²) in [5.74, 6) is 1.81. The number of allylic oxidation sites excluding steroid dienone is 9. The van der Waals surface area contributed by atoms with Crippen LogP contribution in [0.4, 0.5) is 17.1 Å². The van der Waals surface area contributed by atoms with Crippen molar-refractivity contribution in [3.05, 3.63) is 154 Å². The predicted octanol–water partition coefficient (Wildman–Crippen LogP) is 11.8. The first-order valence-corrected chi connectivity index (χ1v) is 19.0. The molecule has 0 fully saturated rings. The summed E-state index contributed by atoms with van der Waals surface area (Å²) >= 11 is 0. The molecule has 258 valence electrons. The van der Waals surface area contributed by atoms with E-state index >= 15 is 0 Å². The van der Waals surface area contributed by atoms with Gasteiger partial charge in [-0.05, 0) is 144 Å². The van der Waals surface area contributed by atoms with Crippen LogP contribution >= 0.6 is 0 Å². The average Bonchev–Trinajstić information content (AvgIpc) is 3.16. The SMILES string of the molecule is CCC1CC(N(c2ccccc2)C2C=CC(O)=CC2)=C2C=C3c4c(cc(N(C5=CCCC=C5)c5ccc(O)cc5)c5c4C2C1C=C5)CCC3(C)C. The van der Waals surface area contributed by atoms with Gasteiger partial charge in [0.15, 0.2) is 0 Å². The Morgan fingerprint density at radius 3 is 2.43 bits per heavy atom. The highest BCUT2D eigenvalue weighted by atomic mass is 16.3. The lowest BCUT2D eigenvalue weighted by Crippen LogP contribution is -2.42. The van der Waals surface area contributed by atoms with E-state index < -0.39 is 0 Å². The van der Waals surface area contributed by atoms with Crippen molar-refractivity contribution in [2.75, 3.05) is 9.80 Å². The first kappa shape index (κ1) is 32.0. The van der Waals surface area contributed by atoms with Gasteiger partial charge in [0, 0.05) is 34.3 Å². The van der Waals surface area contributed by atoms with Crippen molar-refractivity contribution < 1.29 is 10.2 Å². The number of benzene rings is 3. The molecule has 4 unspecified atom stereocenters. The highest BCUT2D eigenvalue weighted by Gasteiger charge is 2.48. The van der Waals surface area contributed by atoms with E-state index in [2.05, 4.69) is 122 Å². The quantitative estimate of drug-likeness (QED) is 0.262. The summed E-state index contributed by atoms with van der Waals surface area (Å²) in [5, 5.41) is 20.7. The van der Waals surface area contributed by atoms with Crippen molar-refractivity contribution in [3.8, 4) is 5.75 Å². The Morgan fingerprint density at radius 2 is 1.71 bits per heavy atom. The van der Waals surface area contributed by atoms with Gasteiger partial charge in [-0.2, -0.15) is 0 Å². The molecule has 3 aromatic rings. The van der Waals surface area contributed by atoms with Crippen molar-refractivity contribution in [3.63, 3.8) is 0 Å². The molecule has 0 saturated heterocycles. The van der Waals surface area contributed by atoms with Crippen LogP contribution in [0.15, 0.2) is 132 Å². The molecule has 6 aliphatic carbocycles. The molecule has 0 bridgehead atoms. The second-order valence-electron chi connectivity index (χ2n) is 15.8. The molecule has 4 atom stereocenters. The van der Waals surface area contributed by atoms with Gasteiger partial charge in [-0.25, -0.2) is 0 Å². The molecule has 51 heavy (non-hydrogen) atoms. The molecule has 0 heterocycles. The fraction of sp³-hybridized carbons (Fsp3) is 0.319. The molecule has 3 aromatic carbocycles. The molecule has 0 saturated carbocycles. The van der Waals surface area contributed by atoms with E-state index in [1.807, 2.05) is 24.3 Å². The largest absolute Gasteiger partial charge is 0.508 e. The number of aliphatic hydroxyl groups excluding tert-OH is 1. The van der Waals surface area contributed by atoms with Crippen molar-refractivity contribution in [2.24, 2.45) is 17.3 Å². The average molecular weight is 673 g/mol. The van der Waals surface area contributed by atoms with E-state index in [-0.39, 0.29) is 23.1 Å². The van der Waals surface area contributed by atoms with Gasteiger partial charge >= 0.3 is 0 Å². The molecule has 4 heteroatoms. The van der Waals surface area contributed by atoms with Gasteiger partial charge in [0.2, 0.25) is 0 Å². The van der Waals surface area contributed by atoms with Crippen LogP contribution in [0, 0.1) is 17.3 Å². The summed E-state index contributed by atoms with van der Waals surface area (Å²) in [5.41, 5.74) is 14.9. The first-order valence-electron chi connectivity index (χ1n) is 19.0. The minimum absolute atomic E-state index is 0.0474. The van der Waals surface area contributed by atoms with Gasteiger partial charge in [-0.1, -0.05) is 81.8 Å². The van der Waals surface area contributed by atoms with Crippen LogP contribution in [-0.4, -0.2) is 16.3 Å². The van der Waals surface area contributed by atoms with E-state index in [0.717, 1.165) is 50.6 Å². The molecule has 2 N–H and O–H groups in total. The maximum absolute atomic E-state index is 10.4. The van der Waals surface area contributed by atoms with Crippen LogP contribution in [-0.2, 0) is 6.42 Å². The summed E-state index contributed by atoms with van der Waals surface area (Å²) in [6.07, 6.45) is 27.8. The fourth-order valence-corrected chi connectivity index (χ4v) is 9.83. The zero-order valence-corrected chi connectivity index (χ0v) is 30.0. The monoisotopic (exact) mass is 672 g/mol. The number of anilines is 3. The van der Waals surface area contributed by atoms with E-state index in [1.165, 1.54) is 56.2 Å². The highest BCUT2D eigenvalue weighted by Crippen LogP contribution is 2.62. The number of para-hydroxylation sites is 1. The van der Waals surface area contributed by atoms with Crippen LogP contribution in [0.5, 0.6) is 5.75 Å². The zero-order valence-electron chi connectivity index (χ0n) is 30.0. The van der Waals surface area contributed by atoms with Gasteiger partial charge in [0.25, 0.3) is 0 Å². The van der Waals surface area contributed by atoms with Crippen LogP contribution in [0.3, 0.4) is 0 Å². The summed E-state index contributed by atoms with van der Waals surface area (Å²) in [4.78, 5) is 5.05. The standard InChI is InChI=1S/C47H48N2O2/c1-4-30-27-43(49(33-13-9-6-10-14-33)35-17-21-37(51)22-18-35)40-29-41-44-31(25-26-47(41,2)3)28-42(39-24-23-38(30)45(40)46(39)44)48(32-11-7-5-8-12-32)34-15-19-36(50)20-16-34/h6-7,9-17,19-24,28-30,35,38,45,50-51H,4-5,8,18,25-27H2,1-3H3. The summed E-state index contributed by atoms with van der Waals surface area (Å²) in [7, 11) is 0. The third-order valence-corrected chi connectivity index (χ3v) is 12.5. The zero-order chi connectivity index (χ0) is 34.9. The molecular weight excluding hydrogens is 625 g/mol. The Bertz CT molecular complexity index is 2110. The van der Waals surface area contributed by atoms with Gasteiger partial charge in [-0.3, -0.25) is 0 Å². The molecule has 6 aliphatic rings. The van der Waals surface area contributed by atoms with E-state index in [9.17, 15) is 10.2 Å². The molecule has 0 amide bonds. The van der Waals surface area contributed by atoms with Crippen LogP contribution < -0.4 is 9.80 Å². The van der Waals surface area contributed by atoms with Crippen molar-refractivity contribution in [1.29, 1.82) is 0 Å². The number of aromatic hydroxyl groups is 1. The highest BCUT2D eigenvalue weighted by molar-refractivity contribution is 5.92. The smallest absolute Gasteiger partial charge is 0.115 e. The lowest BCUT2D eigenvalue weighted by atomic mass is 9.56. The maximum Gasteiger partial charge on any atom is 0.115 e. The second-order valence-corrected chi connectivity index (χ2v) is 15.8. The Labute approximate surface area is 302 Å². The van der Waals surface area contributed by atoms with E-state index in [4.69, 9.17) is 0 Å². The number of hydrogen-bond donors (Lipinski definition) is 2. The van der Waals surface area contributed by atoms with Gasteiger partial charge < -0.3 is 20.0 Å². The Kier molecular flexibility index (Phi) is 7.76. The number of aryl methyl sites for hydroxylation is 1. The lowest BCUT2D eigenvalue weighted by molar-refractivity contribution is 0.316. The maximum atomic E-state index is 10.4. The summed E-state index contributed by atoms with van der Waals surface area (Å²) < 4.78 is 0. The predicted molar refractivity (Wildman–Crippen MR) is 211 cm³/mol.